The van der Waals surface area contributed by atoms with Crippen LogP contribution in [-0.2, 0) is 11.2 Å². The van der Waals surface area contributed by atoms with Crippen molar-refractivity contribution in [3.05, 3.63) is 65.9 Å². The van der Waals surface area contributed by atoms with Gasteiger partial charge >= 0.3 is 0 Å². The number of rotatable bonds is 6. The molecule has 0 radical (unpaired) electrons. The lowest BCUT2D eigenvalue weighted by Crippen LogP contribution is -2.28. The number of nitrogens with one attached hydrogen (secondary N) is 2. The minimum Gasteiger partial charge on any atom is -0.451 e. The number of hydrogen-bond acceptors (Lipinski definition) is 3. The van der Waals surface area contributed by atoms with E-state index in [2.05, 4.69) is 24.5 Å². The molecular weight excluding hydrogens is 328 g/mol. The second-order valence-corrected chi connectivity index (χ2v) is 6.67. The van der Waals surface area contributed by atoms with E-state index in [1.54, 1.807) is 18.2 Å². The molecule has 0 aliphatic heterocycles. The predicted octanol–water partition coefficient (Wildman–Crippen LogP) is 4.00. The summed E-state index contributed by atoms with van der Waals surface area (Å²) in [4.78, 5) is 24.2. The van der Waals surface area contributed by atoms with Gasteiger partial charge in [-0.15, -0.1) is 0 Å². The number of fused-ring (bicyclic) bond motifs is 1. The number of para-hydroxylation sites is 1. The van der Waals surface area contributed by atoms with E-state index >= 15 is 0 Å². The zero-order chi connectivity index (χ0) is 18.5. The van der Waals surface area contributed by atoms with E-state index in [0.717, 1.165) is 10.9 Å². The topological polar surface area (TPSA) is 71.3 Å². The molecule has 2 amide bonds. The van der Waals surface area contributed by atoms with Gasteiger partial charge in [-0.25, -0.2) is 0 Å². The summed E-state index contributed by atoms with van der Waals surface area (Å²) in [6.45, 7) is 4.78. The van der Waals surface area contributed by atoms with Gasteiger partial charge in [-0.2, -0.15) is 0 Å². The van der Waals surface area contributed by atoms with Gasteiger partial charge in [0.15, 0.2) is 5.76 Å². The number of amides is 2. The average Bonchev–Trinajstić information content (AvgIpc) is 3.06. The maximum Gasteiger partial charge on any atom is 0.291 e. The summed E-state index contributed by atoms with van der Waals surface area (Å²) in [6, 6.07) is 16.4. The monoisotopic (exact) mass is 350 g/mol. The fraction of sp³-hybridized carbons (Fsp3) is 0.238. The van der Waals surface area contributed by atoms with Crippen LogP contribution in [0.4, 0.5) is 5.69 Å². The predicted molar refractivity (Wildman–Crippen MR) is 102 cm³/mol. The summed E-state index contributed by atoms with van der Waals surface area (Å²) in [5, 5.41) is 6.59. The average molecular weight is 350 g/mol. The smallest absolute Gasteiger partial charge is 0.291 e. The molecule has 0 fully saturated rings. The van der Waals surface area contributed by atoms with Crippen LogP contribution in [0, 0.1) is 5.92 Å². The van der Waals surface area contributed by atoms with Gasteiger partial charge in [0.05, 0.1) is 6.42 Å². The molecule has 5 nitrogen and oxygen atoms in total. The highest BCUT2D eigenvalue weighted by atomic mass is 16.3. The van der Waals surface area contributed by atoms with Crippen LogP contribution in [0.15, 0.2) is 59.0 Å². The van der Waals surface area contributed by atoms with Crippen LogP contribution in [0.3, 0.4) is 0 Å². The van der Waals surface area contributed by atoms with Gasteiger partial charge < -0.3 is 15.1 Å². The molecular formula is C21H22N2O3. The number of carbonyl (C=O) groups excluding carboxylic acids is 2. The molecule has 0 saturated carbocycles. The number of benzene rings is 2. The van der Waals surface area contributed by atoms with Crippen molar-refractivity contribution >= 4 is 28.5 Å². The summed E-state index contributed by atoms with van der Waals surface area (Å²) >= 11 is 0. The van der Waals surface area contributed by atoms with E-state index < -0.39 is 0 Å². The molecule has 3 aromatic rings. The zero-order valence-corrected chi connectivity index (χ0v) is 14.9. The van der Waals surface area contributed by atoms with Gasteiger partial charge in [-0.1, -0.05) is 44.2 Å². The molecule has 1 aromatic heterocycles. The van der Waals surface area contributed by atoms with Gasteiger partial charge in [0.1, 0.15) is 5.58 Å². The standard InChI is InChI=1S/C21H22N2O3/c1-14(2)13-22-20(24)11-15-7-9-17(10-8-15)23-21(25)19-12-16-5-3-4-6-18(16)26-19/h3-10,12,14H,11,13H2,1-2H3,(H,22,24)(H,23,25). The Bertz CT molecular complexity index is 877. The Kier molecular flexibility index (Phi) is 5.37. The Hall–Kier alpha value is -3.08. The third-order valence-electron chi connectivity index (χ3n) is 3.93. The minimum absolute atomic E-state index is 0.00207. The Balaban J connectivity index is 1.60. The Morgan fingerprint density at radius 2 is 1.77 bits per heavy atom. The van der Waals surface area contributed by atoms with Gasteiger partial charge in [0, 0.05) is 17.6 Å². The first-order valence-electron chi connectivity index (χ1n) is 8.67. The first kappa shape index (κ1) is 17.7. The summed E-state index contributed by atoms with van der Waals surface area (Å²) < 4.78 is 5.56. The minimum atomic E-state index is -0.302. The SMILES string of the molecule is CC(C)CNC(=O)Cc1ccc(NC(=O)c2cc3ccccc3o2)cc1. The highest BCUT2D eigenvalue weighted by molar-refractivity contribution is 6.04. The van der Waals surface area contributed by atoms with Crippen molar-refractivity contribution in [2.24, 2.45) is 5.92 Å². The van der Waals surface area contributed by atoms with Crippen LogP contribution in [0.2, 0.25) is 0 Å². The van der Waals surface area contributed by atoms with Crippen LogP contribution in [0.25, 0.3) is 11.0 Å². The van der Waals surface area contributed by atoms with Crippen molar-refractivity contribution in [2.75, 3.05) is 11.9 Å². The highest BCUT2D eigenvalue weighted by Crippen LogP contribution is 2.20. The second kappa shape index (κ2) is 7.87. The second-order valence-electron chi connectivity index (χ2n) is 6.67. The number of carbonyl (C=O) groups is 2. The summed E-state index contributed by atoms with van der Waals surface area (Å²) in [5.74, 6) is 0.388. The van der Waals surface area contributed by atoms with Crippen molar-refractivity contribution in [3.8, 4) is 0 Å². The van der Waals surface area contributed by atoms with Gasteiger partial charge in [0.25, 0.3) is 5.91 Å². The van der Waals surface area contributed by atoms with Crippen molar-refractivity contribution in [1.29, 1.82) is 0 Å². The molecule has 0 spiro atoms. The van der Waals surface area contributed by atoms with Crippen LogP contribution < -0.4 is 10.6 Å². The molecule has 2 aromatic carbocycles. The molecule has 5 heteroatoms. The van der Waals surface area contributed by atoms with Crippen molar-refractivity contribution in [1.82, 2.24) is 5.32 Å². The lowest BCUT2D eigenvalue weighted by atomic mass is 10.1. The third kappa shape index (κ3) is 4.51. The van der Waals surface area contributed by atoms with Crippen LogP contribution in [0.1, 0.15) is 30.0 Å². The van der Waals surface area contributed by atoms with E-state index in [1.807, 2.05) is 36.4 Å². The Labute approximate surface area is 152 Å². The fourth-order valence-corrected chi connectivity index (χ4v) is 2.56. The normalized spacial score (nSPS) is 10.9. The summed E-state index contributed by atoms with van der Waals surface area (Å²) in [7, 11) is 0. The summed E-state index contributed by atoms with van der Waals surface area (Å²) in [5.41, 5.74) is 2.23. The lowest BCUT2D eigenvalue weighted by molar-refractivity contribution is -0.120. The maximum atomic E-state index is 12.3. The molecule has 0 saturated heterocycles. The third-order valence-corrected chi connectivity index (χ3v) is 3.93. The number of hydrogen-bond donors (Lipinski definition) is 2. The molecule has 2 N–H and O–H groups in total. The molecule has 0 atom stereocenters. The van der Waals surface area contributed by atoms with Crippen molar-refractivity contribution in [3.63, 3.8) is 0 Å². The van der Waals surface area contributed by atoms with Crippen LogP contribution in [-0.4, -0.2) is 18.4 Å². The Morgan fingerprint density at radius 1 is 1.04 bits per heavy atom. The van der Waals surface area contributed by atoms with Gasteiger partial charge in [-0.05, 0) is 35.7 Å². The van der Waals surface area contributed by atoms with E-state index in [0.29, 0.717) is 30.2 Å². The molecule has 0 bridgehead atoms. The number of furan rings is 1. The summed E-state index contributed by atoms with van der Waals surface area (Å²) in [6.07, 6.45) is 0.324. The molecule has 0 aliphatic rings. The van der Waals surface area contributed by atoms with E-state index in [1.165, 1.54) is 0 Å². The van der Waals surface area contributed by atoms with Gasteiger partial charge in [0.2, 0.25) is 5.91 Å². The van der Waals surface area contributed by atoms with E-state index in [9.17, 15) is 9.59 Å². The van der Waals surface area contributed by atoms with Crippen molar-refractivity contribution in [2.45, 2.75) is 20.3 Å². The maximum absolute atomic E-state index is 12.3. The fourth-order valence-electron chi connectivity index (χ4n) is 2.56. The molecule has 0 aliphatic carbocycles. The molecule has 26 heavy (non-hydrogen) atoms. The van der Waals surface area contributed by atoms with Crippen LogP contribution in [0.5, 0.6) is 0 Å². The Morgan fingerprint density at radius 3 is 2.46 bits per heavy atom. The number of anilines is 1. The van der Waals surface area contributed by atoms with Gasteiger partial charge in [-0.3, -0.25) is 9.59 Å². The zero-order valence-electron chi connectivity index (χ0n) is 14.9. The van der Waals surface area contributed by atoms with Crippen molar-refractivity contribution < 1.29 is 14.0 Å². The molecule has 1 heterocycles. The lowest BCUT2D eigenvalue weighted by Gasteiger charge is -2.08. The first-order chi connectivity index (χ1) is 12.5. The largest absolute Gasteiger partial charge is 0.451 e. The molecule has 134 valence electrons. The molecule has 3 rings (SSSR count). The van der Waals surface area contributed by atoms with E-state index in [4.69, 9.17) is 4.42 Å². The highest BCUT2D eigenvalue weighted by Gasteiger charge is 2.12. The van der Waals surface area contributed by atoms with Crippen LogP contribution >= 0.6 is 0 Å². The molecule has 0 unspecified atom stereocenters. The first-order valence-corrected chi connectivity index (χ1v) is 8.67. The van der Waals surface area contributed by atoms with E-state index in [-0.39, 0.29) is 17.6 Å². The quantitative estimate of drug-likeness (QED) is 0.706.